The molecule has 0 aliphatic rings. The Morgan fingerprint density at radius 3 is 2.19 bits per heavy atom. The van der Waals surface area contributed by atoms with E-state index in [1.807, 2.05) is 0 Å². The number of benzene rings is 5. The fraction of sp³-hybridized carbons (Fsp3) is 0. The molecule has 5 aromatic rings. The van der Waals surface area contributed by atoms with Gasteiger partial charge in [-0.3, -0.25) is 0 Å². The van der Waals surface area contributed by atoms with Crippen LogP contribution in [0.3, 0.4) is 0 Å². The van der Waals surface area contributed by atoms with E-state index in [9.17, 15) is 0 Å². The zero-order chi connectivity index (χ0) is 14.0. The van der Waals surface area contributed by atoms with Crippen LogP contribution < -0.4 is 0 Å². The Bertz CT molecular complexity index is 1140. The van der Waals surface area contributed by atoms with Crippen LogP contribution in [0.5, 0.6) is 0 Å². The van der Waals surface area contributed by atoms with Crippen LogP contribution in [0.15, 0.2) is 71.2 Å². The van der Waals surface area contributed by atoms with Crippen LogP contribution in [-0.4, -0.2) is 0 Å². The lowest BCUT2D eigenvalue weighted by Crippen LogP contribution is -1.86. The van der Waals surface area contributed by atoms with E-state index in [1.165, 1.54) is 43.1 Å². The minimum atomic E-state index is 1.16. The predicted molar refractivity (Wildman–Crippen MR) is 95.4 cm³/mol. The molecule has 0 aliphatic heterocycles. The number of fused-ring (bicyclic) bond motifs is 2. The molecule has 0 fully saturated rings. The van der Waals surface area contributed by atoms with E-state index >= 15 is 0 Å². The zero-order valence-electron chi connectivity index (χ0n) is 11.2. The van der Waals surface area contributed by atoms with E-state index in [-0.39, 0.29) is 0 Å². The lowest BCUT2D eigenvalue weighted by Gasteiger charge is -2.13. The maximum Gasteiger partial charge on any atom is 0.0254 e. The molecule has 0 radical (unpaired) electrons. The molecule has 0 N–H and O–H groups in total. The van der Waals surface area contributed by atoms with Gasteiger partial charge in [0, 0.05) is 4.47 Å². The lowest BCUT2D eigenvalue weighted by atomic mass is 9.91. The Kier molecular flexibility index (Phi) is 2.17. The molecule has 5 aromatic carbocycles. The van der Waals surface area contributed by atoms with Crippen molar-refractivity contribution < 1.29 is 0 Å². The highest BCUT2D eigenvalue weighted by Gasteiger charge is 2.11. The summed E-state index contributed by atoms with van der Waals surface area (Å²) in [5.41, 5.74) is 0. The number of hydrogen-bond acceptors (Lipinski definition) is 0. The summed E-state index contributed by atoms with van der Waals surface area (Å²) in [4.78, 5) is 0. The van der Waals surface area contributed by atoms with Crippen LogP contribution in [0.1, 0.15) is 0 Å². The van der Waals surface area contributed by atoms with Crippen molar-refractivity contribution >= 4 is 59.0 Å². The van der Waals surface area contributed by atoms with Crippen LogP contribution in [0, 0.1) is 0 Å². The Hall–Kier alpha value is -2.12. The van der Waals surface area contributed by atoms with Gasteiger partial charge < -0.3 is 0 Å². The standard InChI is InChI=1S/C20H11Br/c21-18-10-7-12-5-8-16-15-4-2-1-3-13(15)11-14-6-9-17(18)19(12)20(14)16/h1-11H. The average molecular weight is 331 g/mol. The molecule has 5 rings (SSSR count). The van der Waals surface area contributed by atoms with Crippen molar-refractivity contribution in [3.8, 4) is 0 Å². The average Bonchev–Trinajstić information content (AvgIpc) is 2.53. The van der Waals surface area contributed by atoms with E-state index in [2.05, 4.69) is 82.7 Å². The smallest absolute Gasteiger partial charge is 0.0254 e. The normalized spacial score (nSPS) is 12.0. The first-order valence-electron chi connectivity index (χ1n) is 7.08. The highest BCUT2D eigenvalue weighted by atomic mass is 79.9. The summed E-state index contributed by atoms with van der Waals surface area (Å²) < 4.78 is 1.16. The molecule has 0 spiro atoms. The van der Waals surface area contributed by atoms with Gasteiger partial charge in [0.2, 0.25) is 0 Å². The summed E-state index contributed by atoms with van der Waals surface area (Å²) in [6.07, 6.45) is 0. The number of halogens is 1. The molecule has 0 saturated heterocycles. The molecule has 0 saturated carbocycles. The largest absolute Gasteiger partial charge is 0.0616 e. The summed E-state index contributed by atoms with van der Waals surface area (Å²) in [5.74, 6) is 0. The highest BCUT2D eigenvalue weighted by Crippen LogP contribution is 2.40. The minimum absolute atomic E-state index is 1.16. The van der Waals surface area contributed by atoms with Gasteiger partial charge in [0.15, 0.2) is 0 Å². The Balaban J connectivity index is 2.21. The number of rotatable bonds is 0. The van der Waals surface area contributed by atoms with Gasteiger partial charge in [-0.15, -0.1) is 0 Å². The van der Waals surface area contributed by atoms with E-state index in [4.69, 9.17) is 0 Å². The van der Waals surface area contributed by atoms with Crippen LogP contribution >= 0.6 is 15.9 Å². The van der Waals surface area contributed by atoms with Crippen LogP contribution in [0.25, 0.3) is 43.1 Å². The van der Waals surface area contributed by atoms with Gasteiger partial charge in [0.05, 0.1) is 0 Å². The summed E-state index contributed by atoms with van der Waals surface area (Å²) >= 11 is 3.69. The topological polar surface area (TPSA) is 0 Å². The molecular formula is C20H11Br. The summed E-state index contributed by atoms with van der Waals surface area (Å²) in [7, 11) is 0. The Morgan fingerprint density at radius 1 is 0.524 bits per heavy atom. The number of hydrogen-bond donors (Lipinski definition) is 0. The third-order valence-corrected chi connectivity index (χ3v) is 5.15. The molecule has 98 valence electrons. The third-order valence-electron chi connectivity index (χ3n) is 4.45. The molecule has 0 amide bonds. The first-order valence-corrected chi connectivity index (χ1v) is 7.87. The second-order valence-corrected chi connectivity index (χ2v) is 6.42. The highest BCUT2D eigenvalue weighted by molar-refractivity contribution is 9.10. The van der Waals surface area contributed by atoms with Gasteiger partial charge in [0.25, 0.3) is 0 Å². The molecule has 0 nitrogen and oxygen atoms in total. The van der Waals surface area contributed by atoms with Gasteiger partial charge in [-0.1, -0.05) is 70.5 Å². The molecule has 0 aromatic heterocycles. The SMILES string of the molecule is Brc1ccc2ccc3c4ccccc4cc4ccc1c2c43. The second kappa shape index (κ2) is 3.96. The summed E-state index contributed by atoms with van der Waals surface area (Å²) in [6, 6.07) is 24.2. The van der Waals surface area contributed by atoms with Crippen molar-refractivity contribution in [2.45, 2.75) is 0 Å². The van der Waals surface area contributed by atoms with Crippen LogP contribution in [0.2, 0.25) is 0 Å². The van der Waals surface area contributed by atoms with Crippen LogP contribution in [0.4, 0.5) is 0 Å². The van der Waals surface area contributed by atoms with Crippen molar-refractivity contribution in [2.75, 3.05) is 0 Å². The van der Waals surface area contributed by atoms with E-state index < -0.39 is 0 Å². The summed E-state index contributed by atoms with van der Waals surface area (Å²) in [5, 5.41) is 10.7. The maximum absolute atomic E-state index is 3.69. The van der Waals surface area contributed by atoms with E-state index in [1.54, 1.807) is 0 Å². The maximum atomic E-state index is 3.69. The van der Waals surface area contributed by atoms with Crippen LogP contribution in [-0.2, 0) is 0 Å². The fourth-order valence-electron chi connectivity index (χ4n) is 3.52. The van der Waals surface area contributed by atoms with Gasteiger partial charge in [-0.2, -0.15) is 0 Å². The predicted octanol–water partition coefficient (Wildman–Crippen LogP) is 6.50. The van der Waals surface area contributed by atoms with Crippen molar-refractivity contribution in [1.29, 1.82) is 0 Å². The molecule has 0 atom stereocenters. The van der Waals surface area contributed by atoms with Crippen molar-refractivity contribution in [3.63, 3.8) is 0 Å². The third kappa shape index (κ3) is 1.44. The Labute approximate surface area is 130 Å². The molecule has 0 bridgehead atoms. The first kappa shape index (κ1) is 11.5. The monoisotopic (exact) mass is 330 g/mol. The molecule has 0 unspecified atom stereocenters. The zero-order valence-corrected chi connectivity index (χ0v) is 12.8. The molecule has 0 heterocycles. The quantitative estimate of drug-likeness (QED) is 0.224. The lowest BCUT2D eigenvalue weighted by molar-refractivity contribution is 1.75. The van der Waals surface area contributed by atoms with Crippen molar-refractivity contribution in [2.24, 2.45) is 0 Å². The Morgan fingerprint density at radius 2 is 1.24 bits per heavy atom. The summed E-state index contributed by atoms with van der Waals surface area (Å²) in [6.45, 7) is 0. The van der Waals surface area contributed by atoms with Gasteiger partial charge in [0.1, 0.15) is 0 Å². The van der Waals surface area contributed by atoms with Crippen molar-refractivity contribution in [3.05, 3.63) is 71.2 Å². The van der Waals surface area contributed by atoms with Gasteiger partial charge in [-0.25, -0.2) is 0 Å². The van der Waals surface area contributed by atoms with Gasteiger partial charge in [-0.05, 0) is 55.2 Å². The molecular weight excluding hydrogens is 320 g/mol. The van der Waals surface area contributed by atoms with Gasteiger partial charge >= 0.3 is 0 Å². The van der Waals surface area contributed by atoms with E-state index in [0.717, 1.165) is 4.47 Å². The molecule has 21 heavy (non-hydrogen) atoms. The fourth-order valence-corrected chi connectivity index (χ4v) is 3.98. The molecule has 1 heteroatoms. The second-order valence-electron chi connectivity index (χ2n) is 5.57. The minimum Gasteiger partial charge on any atom is -0.0616 e. The van der Waals surface area contributed by atoms with E-state index in [0.29, 0.717) is 0 Å². The first-order chi connectivity index (χ1) is 10.3. The van der Waals surface area contributed by atoms with Crippen molar-refractivity contribution in [1.82, 2.24) is 0 Å². The molecule has 0 aliphatic carbocycles.